The molecule has 0 unspecified atom stereocenters. The summed E-state index contributed by atoms with van der Waals surface area (Å²) in [6.45, 7) is 61.0. The minimum Gasteiger partial charge on any atom is -0.397 e. The Balaban J connectivity index is 2.52. The number of hydrogen-bond donors (Lipinski definition) is 0. The van der Waals surface area contributed by atoms with Crippen LogP contribution in [0.15, 0.2) is 54.6 Å². The van der Waals surface area contributed by atoms with Gasteiger partial charge in [0, 0.05) is 14.7 Å². The maximum atomic E-state index is 7.56. The molecule has 3 aromatic carbocycles. The Bertz CT molecular complexity index is 2460. The lowest BCUT2D eigenvalue weighted by molar-refractivity contribution is 0.131. The van der Waals surface area contributed by atoms with Gasteiger partial charge in [0.1, 0.15) is 16.8 Å². The van der Waals surface area contributed by atoms with Gasteiger partial charge in [-0.1, -0.05) is 172 Å². The zero-order valence-corrected chi connectivity index (χ0v) is 52.5. The molecule has 0 amide bonds. The van der Waals surface area contributed by atoms with Crippen LogP contribution in [0.1, 0.15) is 190 Å². The van der Waals surface area contributed by atoms with E-state index in [1.54, 1.807) is 0 Å². The van der Waals surface area contributed by atoms with E-state index in [4.69, 9.17) is 19.7 Å². The molecule has 368 valence electrons. The third kappa shape index (κ3) is 14.4. The first kappa shape index (κ1) is 58.9. The van der Waals surface area contributed by atoms with Crippen molar-refractivity contribution in [3.05, 3.63) is 103 Å². The van der Waals surface area contributed by atoms with Gasteiger partial charge < -0.3 is 13.3 Å². The molecule has 0 radical (unpaired) electrons. The van der Waals surface area contributed by atoms with Crippen molar-refractivity contribution < 1.29 is 13.3 Å². The maximum Gasteiger partial charge on any atom is 0.194 e. The molecule has 0 N–H and O–H groups in total. The van der Waals surface area contributed by atoms with Crippen molar-refractivity contribution in [3.63, 3.8) is 0 Å². The average molecular weight is 1070 g/mol. The van der Waals surface area contributed by atoms with Crippen LogP contribution in [0.2, 0.25) is 54.4 Å². The van der Waals surface area contributed by atoms with Crippen molar-refractivity contribution in [3.8, 4) is 36.0 Å². The van der Waals surface area contributed by atoms with E-state index in [2.05, 4.69) is 285 Å². The van der Waals surface area contributed by atoms with Crippen molar-refractivity contribution >= 4 is 47.5 Å². The Morgan fingerprint density at radius 2 is 0.612 bits per heavy atom. The molecule has 3 rings (SSSR count). The summed E-state index contributed by atoms with van der Waals surface area (Å²) in [5, 5.41) is -0.108. The van der Waals surface area contributed by atoms with Gasteiger partial charge in [-0.2, -0.15) is 0 Å². The highest BCUT2D eigenvalue weighted by Crippen LogP contribution is 2.46. The second-order valence-corrected chi connectivity index (χ2v) is 42.8. The maximum absolute atomic E-state index is 7.56. The van der Waals surface area contributed by atoms with Crippen LogP contribution >= 0.6 is 22.6 Å². The van der Waals surface area contributed by atoms with E-state index >= 15 is 0 Å². The van der Waals surface area contributed by atoms with E-state index in [0.29, 0.717) is 0 Å². The molecule has 0 bridgehead atoms. The number of halogens is 1. The lowest BCUT2D eigenvalue weighted by Gasteiger charge is -2.43. The fraction of sp³-hybridized carbons (Fsp3) is 0.600. The van der Waals surface area contributed by atoms with Crippen molar-refractivity contribution in [2.45, 2.75) is 233 Å². The van der Waals surface area contributed by atoms with Crippen molar-refractivity contribution in [2.75, 3.05) is 0 Å². The van der Waals surface area contributed by atoms with Crippen LogP contribution in [0.25, 0.3) is 0 Å². The summed E-state index contributed by atoms with van der Waals surface area (Å²) >= 11 is 2.45. The van der Waals surface area contributed by atoms with Crippen molar-refractivity contribution in [1.82, 2.24) is 0 Å². The minimum atomic E-state index is -2.43. The Kier molecular flexibility index (Phi) is 17.0. The summed E-state index contributed by atoms with van der Waals surface area (Å²) < 4.78 is 23.2. The molecule has 0 saturated heterocycles. The lowest BCUT2D eigenvalue weighted by atomic mass is 9.81. The van der Waals surface area contributed by atoms with Crippen molar-refractivity contribution in [2.24, 2.45) is 0 Å². The summed E-state index contributed by atoms with van der Waals surface area (Å²) in [6, 6.07) is 20.2. The van der Waals surface area contributed by atoms with E-state index in [0.717, 1.165) is 33.4 Å². The fourth-order valence-electron chi connectivity index (χ4n) is 6.97. The van der Waals surface area contributed by atoms with E-state index in [9.17, 15) is 0 Å². The second kappa shape index (κ2) is 19.3. The molecule has 0 heterocycles. The normalized spacial score (nSPS) is 16.3. The highest BCUT2D eigenvalue weighted by atomic mass is 127. The van der Waals surface area contributed by atoms with Gasteiger partial charge in [-0.25, -0.2) is 0 Å². The molecule has 0 aliphatic heterocycles. The van der Waals surface area contributed by atoms with Gasteiger partial charge in [0.05, 0.1) is 0 Å². The second-order valence-electron chi connectivity index (χ2n) is 27.4. The molecular formula is C60H91IO3Si3. The van der Waals surface area contributed by atoms with Gasteiger partial charge in [0.25, 0.3) is 0 Å². The first-order valence-electron chi connectivity index (χ1n) is 24.4. The quantitative estimate of drug-likeness (QED) is 0.121. The monoisotopic (exact) mass is 1070 g/mol. The summed E-state index contributed by atoms with van der Waals surface area (Å²) in [5.41, 5.74) is 5.19. The van der Waals surface area contributed by atoms with E-state index < -0.39 is 41.8 Å². The predicted octanol–water partition coefficient (Wildman–Crippen LogP) is 17.6. The van der Waals surface area contributed by atoms with Gasteiger partial charge in [-0.05, 0) is 184 Å². The molecule has 0 saturated carbocycles. The number of terminal acetylenes is 1. The Hall–Kier alpha value is -2.40. The summed E-state index contributed by atoms with van der Waals surface area (Å²) in [5.74, 6) is 18.1. The zero-order chi connectivity index (χ0) is 52.2. The van der Waals surface area contributed by atoms with Crippen LogP contribution in [-0.2, 0) is 46.3 Å². The van der Waals surface area contributed by atoms with Gasteiger partial charge in [0.2, 0.25) is 0 Å². The van der Waals surface area contributed by atoms with Gasteiger partial charge in [-0.3, -0.25) is 0 Å². The van der Waals surface area contributed by atoms with Crippen LogP contribution in [0, 0.1) is 39.6 Å². The molecule has 0 aliphatic rings. The number of benzene rings is 3. The minimum absolute atomic E-state index is 0.0179. The van der Waals surface area contributed by atoms with Crippen LogP contribution in [-0.4, -0.2) is 25.0 Å². The summed E-state index contributed by atoms with van der Waals surface area (Å²) in [6.07, 6.45) is 6.43. The molecule has 67 heavy (non-hydrogen) atoms. The predicted molar refractivity (Wildman–Crippen MR) is 308 cm³/mol. The Morgan fingerprint density at radius 3 is 0.896 bits per heavy atom. The van der Waals surface area contributed by atoms with Gasteiger partial charge in [-0.15, -0.1) is 6.42 Å². The third-order valence-electron chi connectivity index (χ3n) is 15.0. The molecule has 0 aromatic heterocycles. The molecular weight excluding hydrogens is 980 g/mol. The van der Waals surface area contributed by atoms with Gasteiger partial charge >= 0.3 is 0 Å². The molecule has 7 heteroatoms. The molecule has 3 atom stereocenters. The fourth-order valence-corrected chi connectivity index (χ4v) is 12.1. The molecule has 3 aromatic rings. The Morgan fingerprint density at radius 1 is 0.373 bits per heavy atom. The first-order valence-corrected chi connectivity index (χ1v) is 34.2. The lowest BCUT2D eigenvalue weighted by Crippen LogP contribution is -2.47. The average Bonchev–Trinajstić information content (AvgIpc) is 3.13. The highest BCUT2D eigenvalue weighted by Gasteiger charge is 2.46. The van der Waals surface area contributed by atoms with Crippen LogP contribution in [0.5, 0.6) is 0 Å². The summed E-state index contributed by atoms with van der Waals surface area (Å²) in [7, 11) is -7.03. The number of rotatable bonds is 9. The number of hydrogen-bond acceptors (Lipinski definition) is 3. The van der Waals surface area contributed by atoms with E-state index in [1.807, 2.05) is 6.92 Å². The van der Waals surface area contributed by atoms with Crippen LogP contribution in [0.4, 0.5) is 0 Å². The molecule has 0 aliphatic carbocycles. The largest absolute Gasteiger partial charge is 0.397 e. The molecule has 3 nitrogen and oxygen atoms in total. The standard InChI is InChI=1S/C60H91IO3Si3/c1-29-58(20,62-65(23,24)55(11,12)13)48-36-43(34-45(38-48)52(2,3)4)30-32-59(21,63-66(25,26)56(14,15)16)49-37-44(35-46(39-49)53(5,6)7)31-33-60(22,64-67(27,28)57(17,18)19)50-40-47(54(8,9)10)41-51(61)42-50/h1,34-42H,2-28H3/t58-,59-,60-/m1/s1. The summed E-state index contributed by atoms with van der Waals surface area (Å²) in [4.78, 5) is 0. The van der Waals surface area contributed by atoms with E-state index in [-0.39, 0.29) is 31.4 Å². The SMILES string of the molecule is C#C[C@@](C)(O[Si](C)(C)C(C)(C)C)c1cc(C#C[C@@](C)(O[Si](C)(C)C(C)(C)C)c2cc(C#C[C@@](C)(O[Si](C)(C)C(C)(C)C)c3cc(I)cc(C(C)(C)C)c3)cc(C(C)(C)C)c2)cc(C(C)(C)C)c1. The smallest absolute Gasteiger partial charge is 0.194 e. The first-order chi connectivity index (χ1) is 29.6. The Labute approximate surface area is 429 Å². The van der Waals surface area contributed by atoms with E-state index in [1.165, 1.54) is 14.7 Å². The molecule has 0 fully saturated rings. The molecule has 0 spiro atoms. The van der Waals surface area contributed by atoms with Crippen LogP contribution in [0.3, 0.4) is 0 Å². The highest BCUT2D eigenvalue weighted by molar-refractivity contribution is 14.1. The van der Waals surface area contributed by atoms with Gasteiger partial charge in [0.15, 0.2) is 25.0 Å². The van der Waals surface area contributed by atoms with Crippen molar-refractivity contribution in [1.29, 1.82) is 0 Å². The third-order valence-corrected chi connectivity index (χ3v) is 29.2. The van der Waals surface area contributed by atoms with Crippen LogP contribution < -0.4 is 0 Å². The topological polar surface area (TPSA) is 27.7 Å². The zero-order valence-electron chi connectivity index (χ0n) is 47.4.